The summed E-state index contributed by atoms with van der Waals surface area (Å²) < 4.78 is 5.79. The van der Waals surface area contributed by atoms with Gasteiger partial charge < -0.3 is 20.4 Å². The standard InChI is InChI=1S/C20H14Br4O2.C13H8Br4O2/c1-20(11-2-6-18(25)16(23)8-11,12-3-7-19(26)17(24)9-12)14-10-13(21)4-5-15(14)22;14-8-2-6(3-9(15)12(8)18)1-7-4-10(16)13(19)11(17)5-7/h2-10,25-26H,1H3;2-5,18-19H,1H2. The van der Waals surface area contributed by atoms with Crippen molar-refractivity contribution in [2.75, 3.05) is 0 Å². The third kappa shape index (κ3) is 8.60. The van der Waals surface area contributed by atoms with Gasteiger partial charge in [-0.15, -0.1) is 0 Å². The van der Waals surface area contributed by atoms with E-state index < -0.39 is 5.41 Å². The molecular formula is C33H22Br8O4. The van der Waals surface area contributed by atoms with Gasteiger partial charge in [0.1, 0.15) is 23.0 Å². The lowest BCUT2D eigenvalue weighted by Crippen LogP contribution is -2.26. The summed E-state index contributed by atoms with van der Waals surface area (Å²) in [5.74, 6) is 0.765. The molecule has 0 saturated heterocycles. The zero-order chi connectivity index (χ0) is 33.2. The van der Waals surface area contributed by atoms with Crippen molar-refractivity contribution in [1.82, 2.24) is 0 Å². The molecule has 5 rings (SSSR count). The summed E-state index contributed by atoms with van der Waals surface area (Å²) in [7, 11) is 0. The van der Waals surface area contributed by atoms with Gasteiger partial charge in [0.05, 0.1) is 26.8 Å². The van der Waals surface area contributed by atoms with Crippen molar-refractivity contribution in [1.29, 1.82) is 0 Å². The lowest BCUT2D eigenvalue weighted by atomic mass is 9.71. The highest BCUT2D eigenvalue weighted by Gasteiger charge is 2.34. The second kappa shape index (κ2) is 15.6. The number of phenolic OH excluding ortho intramolecular Hbond substituents is 4. The number of rotatable bonds is 5. The van der Waals surface area contributed by atoms with Crippen molar-refractivity contribution < 1.29 is 20.4 Å². The summed E-state index contributed by atoms with van der Waals surface area (Å²) in [6.45, 7) is 2.12. The quantitative estimate of drug-likeness (QED) is 0.132. The van der Waals surface area contributed by atoms with E-state index in [0.29, 0.717) is 33.3 Å². The Kier molecular flexibility index (Phi) is 12.8. The van der Waals surface area contributed by atoms with Crippen LogP contribution in [0.4, 0.5) is 0 Å². The molecule has 0 radical (unpaired) electrons. The summed E-state index contributed by atoms with van der Waals surface area (Å²) in [5.41, 5.74) is 4.61. The maximum absolute atomic E-state index is 9.93. The first kappa shape index (κ1) is 37.0. The molecule has 5 aromatic carbocycles. The van der Waals surface area contributed by atoms with Crippen LogP contribution in [0.25, 0.3) is 0 Å². The van der Waals surface area contributed by atoms with E-state index in [0.717, 1.165) is 36.8 Å². The minimum Gasteiger partial charge on any atom is -0.507 e. The van der Waals surface area contributed by atoms with Gasteiger partial charge in [-0.1, -0.05) is 44.0 Å². The first-order valence-electron chi connectivity index (χ1n) is 12.9. The lowest BCUT2D eigenvalue weighted by molar-refractivity contribution is 0.468. The maximum atomic E-state index is 9.93. The van der Waals surface area contributed by atoms with E-state index in [1.165, 1.54) is 0 Å². The Balaban J connectivity index is 0.000000215. The Bertz CT molecular complexity index is 1740. The molecule has 0 atom stereocenters. The third-order valence-electron chi connectivity index (χ3n) is 7.08. The van der Waals surface area contributed by atoms with E-state index in [2.05, 4.69) is 140 Å². The van der Waals surface area contributed by atoms with Gasteiger partial charge in [0.15, 0.2) is 0 Å². The number of aromatic hydroxyl groups is 4. The monoisotopic (exact) mass is 1110 g/mol. The Labute approximate surface area is 328 Å². The summed E-state index contributed by atoms with van der Waals surface area (Å²) >= 11 is 27.3. The van der Waals surface area contributed by atoms with Gasteiger partial charge in [-0.3, -0.25) is 0 Å². The number of hydrogen-bond donors (Lipinski definition) is 4. The van der Waals surface area contributed by atoms with Crippen LogP contribution >= 0.6 is 127 Å². The molecule has 0 aliphatic carbocycles. The normalized spacial score (nSPS) is 11.2. The molecule has 0 spiro atoms. The number of benzene rings is 5. The molecule has 5 aromatic rings. The van der Waals surface area contributed by atoms with Crippen LogP contribution in [0.15, 0.2) is 115 Å². The summed E-state index contributed by atoms with van der Waals surface area (Å²) in [6, 6.07) is 24.6. The predicted octanol–water partition coefficient (Wildman–Crippen LogP) is 13.2. The number of phenols is 4. The van der Waals surface area contributed by atoms with E-state index in [1.807, 2.05) is 60.7 Å². The second-order valence-electron chi connectivity index (χ2n) is 10.1. The summed E-state index contributed by atoms with van der Waals surface area (Å²) in [4.78, 5) is 0. The molecule has 0 heterocycles. The van der Waals surface area contributed by atoms with Gasteiger partial charge in [-0.2, -0.15) is 0 Å². The van der Waals surface area contributed by atoms with Crippen molar-refractivity contribution >= 4 is 127 Å². The average Bonchev–Trinajstić information content (AvgIpc) is 2.98. The molecule has 4 N–H and O–H groups in total. The highest BCUT2D eigenvalue weighted by Crippen LogP contribution is 2.46. The second-order valence-corrected chi connectivity index (χ2v) is 17.0. The minimum atomic E-state index is -0.533. The van der Waals surface area contributed by atoms with Gasteiger partial charge in [0, 0.05) is 14.4 Å². The molecule has 12 heteroatoms. The molecule has 0 amide bonds. The maximum Gasteiger partial charge on any atom is 0.143 e. The van der Waals surface area contributed by atoms with Crippen LogP contribution in [-0.4, -0.2) is 20.4 Å². The number of halogens is 8. The summed E-state index contributed by atoms with van der Waals surface area (Å²) in [6.07, 6.45) is 0.689. The van der Waals surface area contributed by atoms with Crippen LogP contribution in [0.2, 0.25) is 0 Å². The van der Waals surface area contributed by atoms with E-state index in [1.54, 1.807) is 12.1 Å². The molecule has 0 aliphatic heterocycles. The Morgan fingerprint density at radius 3 is 1.24 bits per heavy atom. The predicted molar refractivity (Wildman–Crippen MR) is 209 cm³/mol. The zero-order valence-electron chi connectivity index (χ0n) is 23.0. The SMILES string of the molecule is CC(c1ccc(O)c(Br)c1)(c1ccc(O)c(Br)c1)c1cc(Br)ccc1Br.Oc1c(Br)cc(Cc2cc(Br)c(O)c(Br)c2)cc1Br. The van der Waals surface area contributed by atoms with Crippen LogP contribution in [-0.2, 0) is 11.8 Å². The smallest absolute Gasteiger partial charge is 0.143 e. The molecule has 0 fully saturated rings. The first-order valence-corrected chi connectivity index (χ1v) is 19.2. The van der Waals surface area contributed by atoms with Crippen LogP contribution in [0.1, 0.15) is 34.7 Å². The highest BCUT2D eigenvalue weighted by atomic mass is 79.9. The Hall–Kier alpha value is -0.860. The first-order chi connectivity index (χ1) is 21.1. The Morgan fingerprint density at radius 1 is 0.467 bits per heavy atom. The minimum absolute atomic E-state index is 0.191. The van der Waals surface area contributed by atoms with Crippen LogP contribution in [0, 0.1) is 0 Å². The largest absolute Gasteiger partial charge is 0.507 e. The van der Waals surface area contributed by atoms with Crippen molar-refractivity contribution in [2.45, 2.75) is 18.8 Å². The molecule has 4 nitrogen and oxygen atoms in total. The highest BCUT2D eigenvalue weighted by molar-refractivity contribution is 9.12. The van der Waals surface area contributed by atoms with Crippen molar-refractivity contribution in [2.24, 2.45) is 0 Å². The third-order valence-corrected chi connectivity index (χ3v) is 12.0. The molecule has 0 bridgehead atoms. The van der Waals surface area contributed by atoms with Crippen molar-refractivity contribution in [3.8, 4) is 23.0 Å². The van der Waals surface area contributed by atoms with Gasteiger partial charge in [0.2, 0.25) is 0 Å². The average molecular weight is 1120 g/mol. The van der Waals surface area contributed by atoms with Crippen LogP contribution in [0.3, 0.4) is 0 Å². The zero-order valence-corrected chi connectivity index (χ0v) is 35.7. The van der Waals surface area contributed by atoms with E-state index >= 15 is 0 Å². The lowest BCUT2D eigenvalue weighted by Gasteiger charge is -2.33. The van der Waals surface area contributed by atoms with Gasteiger partial charge >= 0.3 is 0 Å². The van der Waals surface area contributed by atoms with Gasteiger partial charge in [-0.25, -0.2) is 0 Å². The van der Waals surface area contributed by atoms with Gasteiger partial charge in [-0.05, 0) is 203 Å². The van der Waals surface area contributed by atoms with Crippen LogP contribution in [0.5, 0.6) is 23.0 Å². The molecule has 0 saturated carbocycles. The van der Waals surface area contributed by atoms with Crippen LogP contribution < -0.4 is 0 Å². The van der Waals surface area contributed by atoms with E-state index in [4.69, 9.17) is 0 Å². The molecule has 45 heavy (non-hydrogen) atoms. The van der Waals surface area contributed by atoms with E-state index in [9.17, 15) is 20.4 Å². The number of hydrogen-bond acceptors (Lipinski definition) is 4. The topological polar surface area (TPSA) is 80.9 Å². The fraction of sp³-hybridized carbons (Fsp3) is 0.0909. The Morgan fingerprint density at radius 2 is 0.867 bits per heavy atom. The molecular weight excluding hydrogens is 1100 g/mol. The fourth-order valence-corrected chi connectivity index (χ4v) is 8.99. The summed E-state index contributed by atoms with van der Waals surface area (Å²) in [5, 5.41) is 39.2. The van der Waals surface area contributed by atoms with Crippen molar-refractivity contribution in [3.63, 3.8) is 0 Å². The molecule has 0 aliphatic rings. The van der Waals surface area contributed by atoms with Gasteiger partial charge in [0.25, 0.3) is 0 Å². The van der Waals surface area contributed by atoms with E-state index in [-0.39, 0.29) is 23.0 Å². The molecule has 0 aromatic heterocycles. The van der Waals surface area contributed by atoms with Crippen molar-refractivity contribution in [3.05, 3.63) is 142 Å². The molecule has 0 unspecified atom stereocenters. The fourth-order valence-electron chi connectivity index (χ4n) is 4.67. The molecule has 234 valence electrons.